The highest BCUT2D eigenvalue weighted by molar-refractivity contribution is 5.94. The normalized spacial score (nSPS) is 13.3. The van der Waals surface area contributed by atoms with Crippen molar-refractivity contribution in [3.63, 3.8) is 0 Å². The first-order valence-electron chi connectivity index (χ1n) is 4.73. The van der Waals surface area contributed by atoms with Gasteiger partial charge in [-0.2, -0.15) is 26.3 Å². The Hall–Kier alpha value is -1.99. The first kappa shape index (κ1) is 15.1. The van der Waals surface area contributed by atoms with E-state index in [4.69, 9.17) is 0 Å². The minimum Gasteiger partial charge on any atom is -0.452 e. The summed E-state index contributed by atoms with van der Waals surface area (Å²) in [6.07, 6.45) is -11.2. The third kappa shape index (κ3) is 4.65. The van der Waals surface area contributed by atoms with E-state index in [9.17, 15) is 31.1 Å². The van der Waals surface area contributed by atoms with E-state index < -0.39 is 30.0 Å². The van der Waals surface area contributed by atoms with E-state index >= 15 is 0 Å². The van der Waals surface area contributed by atoms with E-state index in [1.807, 2.05) is 0 Å². The molecule has 0 heterocycles. The van der Waals surface area contributed by atoms with Gasteiger partial charge in [0.2, 0.25) is 5.76 Å². The third-order valence-electron chi connectivity index (χ3n) is 1.79. The summed E-state index contributed by atoms with van der Waals surface area (Å²) in [5.74, 6) is -5.00. The average molecular weight is 284 g/mol. The number of alkyl halides is 6. The van der Waals surface area contributed by atoms with Crippen LogP contribution in [0.5, 0.6) is 5.75 Å². The Morgan fingerprint density at radius 3 is 1.89 bits per heavy atom. The fourth-order valence-corrected chi connectivity index (χ4v) is 0.986. The van der Waals surface area contributed by atoms with Crippen molar-refractivity contribution in [3.8, 4) is 5.75 Å². The summed E-state index contributed by atoms with van der Waals surface area (Å²) in [5, 5.41) is 0. The molecule has 0 spiro atoms. The zero-order chi connectivity index (χ0) is 14.7. The van der Waals surface area contributed by atoms with Crippen LogP contribution in [0.3, 0.4) is 0 Å². The Morgan fingerprint density at radius 2 is 1.47 bits per heavy atom. The summed E-state index contributed by atoms with van der Waals surface area (Å²) in [7, 11) is 0. The first-order valence-corrected chi connectivity index (χ1v) is 4.73. The van der Waals surface area contributed by atoms with Gasteiger partial charge in [-0.25, -0.2) is 0 Å². The first-order chi connectivity index (χ1) is 8.60. The Morgan fingerprint density at radius 1 is 0.947 bits per heavy atom. The molecule has 0 fully saturated rings. The number of carbonyl (C=O) groups excluding carboxylic acids is 1. The van der Waals surface area contributed by atoms with Crippen LogP contribution in [0.15, 0.2) is 42.2 Å². The number of rotatable bonds is 3. The molecule has 19 heavy (non-hydrogen) atoms. The second-order valence-corrected chi connectivity index (χ2v) is 3.28. The van der Waals surface area contributed by atoms with Gasteiger partial charge in [0.25, 0.3) is 5.78 Å². The molecule has 1 aromatic rings. The monoisotopic (exact) mass is 284 g/mol. The summed E-state index contributed by atoms with van der Waals surface area (Å²) in [5.41, 5.74) is 0. The Kier molecular flexibility index (Phi) is 4.23. The Bertz CT molecular complexity index is 472. The predicted molar refractivity (Wildman–Crippen MR) is 52.3 cm³/mol. The molecule has 0 aliphatic heterocycles. The van der Waals surface area contributed by atoms with Crippen molar-refractivity contribution in [1.82, 2.24) is 0 Å². The maximum atomic E-state index is 12.4. The largest absolute Gasteiger partial charge is 0.454 e. The van der Waals surface area contributed by atoms with E-state index in [0.29, 0.717) is 0 Å². The number of halogens is 6. The highest BCUT2D eigenvalue weighted by Crippen LogP contribution is 2.29. The second kappa shape index (κ2) is 5.33. The molecule has 0 saturated heterocycles. The minimum absolute atomic E-state index is 0.332. The van der Waals surface area contributed by atoms with Crippen molar-refractivity contribution in [2.45, 2.75) is 12.4 Å². The van der Waals surface area contributed by atoms with E-state index in [-0.39, 0.29) is 5.75 Å². The molecular weight excluding hydrogens is 278 g/mol. The van der Waals surface area contributed by atoms with Crippen LogP contribution in [0.4, 0.5) is 26.3 Å². The molecule has 1 aromatic carbocycles. The highest BCUT2D eigenvalue weighted by Gasteiger charge is 2.42. The van der Waals surface area contributed by atoms with Crippen molar-refractivity contribution in [2.24, 2.45) is 0 Å². The van der Waals surface area contributed by atoms with Crippen LogP contribution in [-0.4, -0.2) is 18.1 Å². The lowest BCUT2D eigenvalue weighted by Gasteiger charge is -2.13. The lowest BCUT2D eigenvalue weighted by Crippen LogP contribution is -2.25. The van der Waals surface area contributed by atoms with Gasteiger partial charge in [0.05, 0.1) is 0 Å². The molecule has 0 aliphatic rings. The molecule has 0 N–H and O–H groups in total. The fourth-order valence-electron chi connectivity index (χ4n) is 0.986. The number of hydrogen-bond donors (Lipinski definition) is 0. The minimum atomic E-state index is -5.39. The van der Waals surface area contributed by atoms with Crippen LogP contribution in [0.2, 0.25) is 0 Å². The zero-order valence-electron chi connectivity index (χ0n) is 9.05. The van der Waals surface area contributed by atoms with Crippen molar-refractivity contribution in [3.05, 3.63) is 42.2 Å². The molecule has 0 aliphatic carbocycles. The smallest absolute Gasteiger partial charge is 0.452 e. The number of ether oxygens (including phenoxy) is 1. The maximum Gasteiger partial charge on any atom is 0.454 e. The van der Waals surface area contributed by atoms with Gasteiger partial charge >= 0.3 is 12.4 Å². The summed E-state index contributed by atoms with van der Waals surface area (Å²) in [6, 6.07) is 6.35. The van der Waals surface area contributed by atoms with Crippen molar-refractivity contribution < 1.29 is 35.9 Å². The lowest BCUT2D eigenvalue weighted by atomic mass is 10.3. The Balaban J connectivity index is 3.04. The van der Waals surface area contributed by atoms with Gasteiger partial charge in [-0.1, -0.05) is 18.2 Å². The molecule has 104 valence electrons. The van der Waals surface area contributed by atoms with Gasteiger partial charge in [-0.05, 0) is 12.1 Å². The third-order valence-corrected chi connectivity index (χ3v) is 1.79. The van der Waals surface area contributed by atoms with Crippen molar-refractivity contribution >= 4 is 5.78 Å². The fraction of sp³-hybridized carbons (Fsp3) is 0.182. The molecule has 0 unspecified atom stereocenters. The summed E-state index contributed by atoms with van der Waals surface area (Å²) < 4.78 is 77.3. The van der Waals surface area contributed by atoms with Gasteiger partial charge in [0.15, 0.2) is 0 Å². The number of ketones is 1. The standard InChI is InChI=1S/C11H6F6O2/c12-10(13,14)8(18)6-9(11(15,16)17)19-7-4-2-1-3-5-7/h1-6H/b9-6-. The molecular formula is C11H6F6O2. The van der Waals surface area contributed by atoms with Gasteiger partial charge in [0, 0.05) is 6.08 Å². The number of benzene rings is 1. The van der Waals surface area contributed by atoms with Crippen LogP contribution >= 0.6 is 0 Å². The second-order valence-electron chi connectivity index (χ2n) is 3.28. The number of allylic oxidation sites excluding steroid dienone is 2. The van der Waals surface area contributed by atoms with E-state index in [1.165, 1.54) is 18.2 Å². The van der Waals surface area contributed by atoms with Crippen LogP contribution in [0.1, 0.15) is 0 Å². The molecule has 0 aromatic heterocycles. The topological polar surface area (TPSA) is 26.3 Å². The van der Waals surface area contributed by atoms with E-state index in [0.717, 1.165) is 12.1 Å². The SMILES string of the molecule is O=C(/C=C(\Oc1ccccc1)C(F)(F)F)C(F)(F)F. The quantitative estimate of drug-likeness (QED) is 0.481. The van der Waals surface area contributed by atoms with Gasteiger partial charge in [-0.3, -0.25) is 4.79 Å². The summed E-state index contributed by atoms with van der Waals surface area (Å²) in [4.78, 5) is 10.5. The average Bonchev–Trinajstić information content (AvgIpc) is 2.27. The molecule has 0 amide bonds. The van der Waals surface area contributed by atoms with E-state index in [2.05, 4.69) is 4.74 Å². The Labute approximate surface area is 103 Å². The molecule has 0 saturated carbocycles. The molecule has 0 radical (unpaired) electrons. The highest BCUT2D eigenvalue weighted by atomic mass is 19.4. The van der Waals surface area contributed by atoms with Crippen LogP contribution in [0.25, 0.3) is 0 Å². The zero-order valence-corrected chi connectivity index (χ0v) is 9.05. The van der Waals surface area contributed by atoms with Crippen molar-refractivity contribution in [2.75, 3.05) is 0 Å². The van der Waals surface area contributed by atoms with Crippen LogP contribution < -0.4 is 4.74 Å². The summed E-state index contributed by atoms with van der Waals surface area (Å²) >= 11 is 0. The van der Waals surface area contributed by atoms with Crippen LogP contribution in [-0.2, 0) is 4.79 Å². The van der Waals surface area contributed by atoms with Gasteiger partial charge in [-0.15, -0.1) is 0 Å². The van der Waals surface area contributed by atoms with Gasteiger partial charge < -0.3 is 4.74 Å². The van der Waals surface area contributed by atoms with E-state index in [1.54, 1.807) is 0 Å². The molecule has 8 heteroatoms. The molecule has 0 bridgehead atoms. The molecule has 1 rings (SSSR count). The lowest BCUT2D eigenvalue weighted by molar-refractivity contribution is -0.166. The van der Waals surface area contributed by atoms with Gasteiger partial charge in [0.1, 0.15) is 5.75 Å². The van der Waals surface area contributed by atoms with Crippen LogP contribution in [0, 0.1) is 0 Å². The number of hydrogen-bond acceptors (Lipinski definition) is 2. The van der Waals surface area contributed by atoms with Crippen molar-refractivity contribution in [1.29, 1.82) is 0 Å². The predicted octanol–water partition coefficient (Wildman–Crippen LogP) is 3.64. The molecule has 0 atom stereocenters. The molecule has 2 nitrogen and oxygen atoms in total. The number of carbonyl (C=O) groups is 1. The number of para-hydroxylation sites is 1. The summed E-state index contributed by atoms with van der Waals surface area (Å²) in [6.45, 7) is 0. The maximum absolute atomic E-state index is 12.4.